The zero-order valence-electron chi connectivity index (χ0n) is 8.60. The van der Waals surface area contributed by atoms with Crippen molar-refractivity contribution in [1.29, 1.82) is 0 Å². The summed E-state index contributed by atoms with van der Waals surface area (Å²) in [6.07, 6.45) is 1.18. The van der Waals surface area contributed by atoms with Gasteiger partial charge in [0.25, 0.3) is 0 Å². The van der Waals surface area contributed by atoms with Gasteiger partial charge in [-0.15, -0.1) is 0 Å². The van der Waals surface area contributed by atoms with Crippen molar-refractivity contribution in [2.24, 2.45) is 10.8 Å². The molecule has 70 valence electrons. The zero-order valence-corrected chi connectivity index (χ0v) is 8.60. The number of hydrogen-bond acceptors (Lipinski definition) is 2. The predicted molar refractivity (Wildman–Crippen MR) is 48.9 cm³/mol. The van der Waals surface area contributed by atoms with E-state index in [4.69, 9.17) is 0 Å². The van der Waals surface area contributed by atoms with Crippen molar-refractivity contribution in [1.82, 2.24) is 0 Å². The molecule has 0 aliphatic carbocycles. The molecule has 0 atom stereocenters. The second kappa shape index (κ2) is 3.38. The van der Waals surface area contributed by atoms with E-state index in [2.05, 4.69) is 0 Å². The summed E-state index contributed by atoms with van der Waals surface area (Å²) in [6.45, 7) is 9.18. The highest BCUT2D eigenvalue weighted by molar-refractivity contribution is 5.86. The largest absolute Gasteiger partial charge is 0.303 e. The molecule has 0 aliphatic heterocycles. The number of carbonyl (C=O) groups is 2. The SMILES string of the molecule is CC(C)(C=O)CC(=O)C(C)(C)C. The van der Waals surface area contributed by atoms with Crippen LogP contribution in [-0.2, 0) is 9.59 Å². The molecule has 12 heavy (non-hydrogen) atoms. The zero-order chi connectivity index (χ0) is 9.99. The average molecular weight is 170 g/mol. The molecule has 0 unspecified atom stereocenters. The monoisotopic (exact) mass is 170 g/mol. The van der Waals surface area contributed by atoms with Gasteiger partial charge >= 0.3 is 0 Å². The molecular formula is C10H18O2. The van der Waals surface area contributed by atoms with Gasteiger partial charge in [-0.2, -0.15) is 0 Å². The molecule has 0 spiro atoms. The highest BCUT2D eigenvalue weighted by Gasteiger charge is 2.28. The average Bonchev–Trinajstić information content (AvgIpc) is 1.85. The Morgan fingerprint density at radius 3 is 1.83 bits per heavy atom. The van der Waals surface area contributed by atoms with Crippen LogP contribution in [0.15, 0.2) is 0 Å². The van der Waals surface area contributed by atoms with E-state index >= 15 is 0 Å². The molecule has 0 saturated heterocycles. The lowest BCUT2D eigenvalue weighted by molar-refractivity contribution is -0.131. The van der Waals surface area contributed by atoms with Crippen molar-refractivity contribution < 1.29 is 9.59 Å². The summed E-state index contributed by atoms with van der Waals surface area (Å²) < 4.78 is 0. The van der Waals surface area contributed by atoms with E-state index in [0.29, 0.717) is 6.42 Å². The highest BCUT2D eigenvalue weighted by Crippen LogP contribution is 2.25. The van der Waals surface area contributed by atoms with Crippen molar-refractivity contribution in [2.75, 3.05) is 0 Å². The summed E-state index contributed by atoms with van der Waals surface area (Å²) in [4.78, 5) is 22.0. The lowest BCUT2D eigenvalue weighted by Gasteiger charge is -2.22. The Kier molecular flexibility index (Phi) is 3.19. The Balaban J connectivity index is 4.29. The first-order chi connectivity index (χ1) is 5.19. The summed E-state index contributed by atoms with van der Waals surface area (Å²) in [5.74, 6) is 0.139. The molecule has 0 saturated carbocycles. The third-order valence-electron chi connectivity index (χ3n) is 1.77. The van der Waals surface area contributed by atoms with E-state index in [-0.39, 0.29) is 11.2 Å². The fourth-order valence-corrected chi connectivity index (χ4v) is 0.721. The second-order valence-electron chi connectivity index (χ2n) is 4.96. The maximum absolute atomic E-state index is 11.5. The number of hydrogen-bond donors (Lipinski definition) is 0. The van der Waals surface area contributed by atoms with Gasteiger partial charge in [-0.1, -0.05) is 34.6 Å². The van der Waals surface area contributed by atoms with Crippen molar-refractivity contribution in [3.63, 3.8) is 0 Å². The number of Topliss-reactive ketones (excluding diaryl/α,β-unsaturated/α-hetero) is 1. The maximum Gasteiger partial charge on any atom is 0.139 e. The standard InChI is InChI=1S/C10H18O2/c1-9(2,3)8(12)6-10(4,5)7-11/h7H,6H2,1-5H3. The van der Waals surface area contributed by atoms with Crippen molar-refractivity contribution in [2.45, 2.75) is 41.0 Å². The van der Waals surface area contributed by atoms with Gasteiger partial charge in [-0.25, -0.2) is 0 Å². The van der Waals surface area contributed by atoms with Gasteiger partial charge in [-0.05, 0) is 0 Å². The minimum atomic E-state index is -0.510. The van der Waals surface area contributed by atoms with Gasteiger partial charge in [0.15, 0.2) is 0 Å². The molecule has 0 radical (unpaired) electrons. The molecule has 0 fully saturated rings. The van der Waals surface area contributed by atoms with Gasteiger partial charge in [0.2, 0.25) is 0 Å². The number of rotatable bonds is 3. The second-order valence-corrected chi connectivity index (χ2v) is 4.96. The fourth-order valence-electron chi connectivity index (χ4n) is 0.721. The molecule has 0 aliphatic rings. The molecule has 2 heteroatoms. The maximum atomic E-state index is 11.5. The Morgan fingerprint density at radius 1 is 1.17 bits per heavy atom. The van der Waals surface area contributed by atoms with E-state index in [0.717, 1.165) is 6.29 Å². The van der Waals surface area contributed by atoms with E-state index in [1.54, 1.807) is 13.8 Å². The van der Waals surface area contributed by atoms with Crippen LogP contribution in [0.2, 0.25) is 0 Å². The van der Waals surface area contributed by atoms with Gasteiger partial charge < -0.3 is 4.79 Å². The van der Waals surface area contributed by atoms with Crippen LogP contribution in [-0.4, -0.2) is 12.1 Å². The lowest BCUT2D eigenvalue weighted by atomic mass is 9.80. The van der Waals surface area contributed by atoms with Crippen molar-refractivity contribution >= 4 is 12.1 Å². The summed E-state index contributed by atoms with van der Waals surface area (Å²) in [5, 5.41) is 0. The minimum absolute atomic E-state index is 0.139. The molecule has 0 aromatic carbocycles. The van der Waals surface area contributed by atoms with E-state index in [1.807, 2.05) is 20.8 Å². The Bertz CT molecular complexity index is 185. The first kappa shape index (κ1) is 11.3. The lowest BCUT2D eigenvalue weighted by Crippen LogP contribution is -2.27. The molecular weight excluding hydrogens is 152 g/mol. The van der Waals surface area contributed by atoms with Gasteiger partial charge in [0, 0.05) is 17.3 Å². The molecule has 0 N–H and O–H groups in total. The van der Waals surface area contributed by atoms with Crippen LogP contribution in [0.3, 0.4) is 0 Å². The van der Waals surface area contributed by atoms with Crippen LogP contribution < -0.4 is 0 Å². The van der Waals surface area contributed by atoms with E-state index < -0.39 is 5.41 Å². The summed E-state index contributed by atoms with van der Waals surface area (Å²) in [7, 11) is 0. The Morgan fingerprint density at radius 2 is 1.58 bits per heavy atom. The molecule has 2 nitrogen and oxygen atoms in total. The molecule has 0 aromatic heterocycles. The first-order valence-electron chi connectivity index (χ1n) is 4.19. The van der Waals surface area contributed by atoms with E-state index in [1.165, 1.54) is 0 Å². The van der Waals surface area contributed by atoms with Crippen LogP contribution in [0.1, 0.15) is 41.0 Å². The van der Waals surface area contributed by atoms with Crippen LogP contribution in [0.5, 0.6) is 0 Å². The van der Waals surface area contributed by atoms with Gasteiger partial charge in [0.1, 0.15) is 12.1 Å². The topological polar surface area (TPSA) is 34.1 Å². The van der Waals surface area contributed by atoms with Gasteiger partial charge in [-0.3, -0.25) is 4.79 Å². The van der Waals surface area contributed by atoms with Crippen LogP contribution in [0, 0.1) is 10.8 Å². The number of carbonyl (C=O) groups excluding carboxylic acids is 2. The van der Waals surface area contributed by atoms with Gasteiger partial charge in [0.05, 0.1) is 0 Å². The fraction of sp³-hybridized carbons (Fsp3) is 0.800. The van der Waals surface area contributed by atoms with Crippen LogP contribution in [0.25, 0.3) is 0 Å². The smallest absolute Gasteiger partial charge is 0.139 e. The predicted octanol–water partition coefficient (Wildman–Crippen LogP) is 2.22. The third kappa shape index (κ3) is 3.65. The molecule has 0 amide bonds. The minimum Gasteiger partial charge on any atom is -0.303 e. The van der Waals surface area contributed by atoms with Crippen LogP contribution >= 0.6 is 0 Å². The van der Waals surface area contributed by atoms with Crippen molar-refractivity contribution in [3.05, 3.63) is 0 Å². The summed E-state index contributed by atoms with van der Waals surface area (Å²) in [5.41, 5.74) is -0.843. The molecule has 0 rings (SSSR count). The Labute approximate surface area is 74.3 Å². The summed E-state index contributed by atoms with van der Waals surface area (Å²) >= 11 is 0. The first-order valence-corrected chi connectivity index (χ1v) is 4.19. The number of ketones is 1. The van der Waals surface area contributed by atoms with E-state index in [9.17, 15) is 9.59 Å². The number of aldehydes is 1. The molecule has 0 bridgehead atoms. The highest BCUT2D eigenvalue weighted by atomic mass is 16.1. The quantitative estimate of drug-likeness (QED) is 0.608. The third-order valence-corrected chi connectivity index (χ3v) is 1.77. The van der Waals surface area contributed by atoms with Crippen LogP contribution in [0.4, 0.5) is 0 Å². The van der Waals surface area contributed by atoms with Crippen molar-refractivity contribution in [3.8, 4) is 0 Å². The summed E-state index contributed by atoms with van der Waals surface area (Å²) in [6, 6.07) is 0. The Hall–Kier alpha value is -0.660. The molecule has 0 heterocycles. The normalized spacial score (nSPS) is 12.8. The molecule has 0 aromatic rings.